The topological polar surface area (TPSA) is 88.3 Å². The smallest absolute Gasteiger partial charge is 0.254 e. The van der Waals surface area contributed by atoms with Gasteiger partial charge in [0, 0.05) is 24.7 Å². The Morgan fingerprint density at radius 1 is 1.30 bits per heavy atom. The summed E-state index contributed by atoms with van der Waals surface area (Å²) in [6, 6.07) is 6.69. The van der Waals surface area contributed by atoms with Crippen molar-refractivity contribution in [2.24, 2.45) is 0 Å². The highest BCUT2D eigenvalue weighted by molar-refractivity contribution is 5.95. The standard InChI is InChI=1S/C16H18N4O3/c1-10-17-15(23-19-10)14-4-3-9-20(14)16(22)12-5-7-13(8-6-12)18-11(2)21/h5-8,14H,3-4,9H2,1-2H3,(H,18,21). The fraction of sp³-hybridized carbons (Fsp3) is 0.375. The maximum atomic E-state index is 12.7. The van der Waals surface area contributed by atoms with Gasteiger partial charge in [-0.1, -0.05) is 5.16 Å². The lowest BCUT2D eigenvalue weighted by Gasteiger charge is -2.22. The Morgan fingerprint density at radius 2 is 2.04 bits per heavy atom. The van der Waals surface area contributed by atoms with Crippen LogP contribution in [0.25, 0.3) is 0 Å². The van der Waals surface area contributed by atoms with Crippen molar-refractivity contribution in [1.82, 2.24) is 15.0 Å². The van der Waals surface area contributed by atoms with Crippen LogP contribution in [-0.2, 0) is 4.79 Å². The Kier molecular flexibility index (Phi) is 4.10. The second-order valence-electron chi connectivity index (χ2n) is 5.59. The molecule has 23 heavy (non-hydrogen) atoms. The molecule has 0 saturated carbocycles. The number of nitrogens with one attached hydrogen (secondary N) is 1. The Bertz CT molecular complexity index is 723. The van der Waals surface area contributed by atoms with E-state index in [1.807, 2.05) is 0 Å². The van der Waals surface area contributed by atoms with E-state index in [1.165, 1.54) is 6.92 Å². The molecule has 7 heteroatoms. The SMILES string of the molecule is CC(=O)Nc1ccc(C(=O)N2CCCC2c2nc(C)no2)cc1. The average Bonchev–Trinajstić information content (AvgIpc) is 3.15. The number of aromatic nitrogens is 2. The van der Waals surface area contributed by atoms with E-state index in [9.17, 15) is 9.59 Å². The molecule has 1 aliphatic heterocycles. The molecule has 2 heterocycles. The highest BCUT2D eigenvalue weighted by atomic mass is 16.5. The van der Waals surface area contributed by atoms with Gasteiger partial charge in [-0.25, -0.2) is 0 Å². The quantitative estimate of drug-likeness (QED) is 0.939. The normalized spacial score (nSPS) is 17.3. The summed E-state index contributed by atoms with van der Waals surface area (Å²) in [5.41, 5.74) is 1.24. The van der Waals surface area contributed by atoms with Crippen LogP contribution in [0, 0.1) is 6.92 Å². The number of amides is 2. The van der Waals surface area contributed by atoms with E-state index >= 15 is 0 Å². The molecule has 0 radical (unpaired) electrons. The summed E-state index contributed by atoms with van der Waals surface area (Å²) in [5, 5.41) is 6.48. The minimum absolute atomic E-state index is 0.0715. The molecule has 120 valence electrons. The van der Waals surface area contributed by atoms with E-state index in [2.05, 4.69) is 15.5 Å². The third kappa shape index (κ3) is 3.23. The highest BCUT2D eigenvalue weighted by Gasteiger charge is 2.34. The van der Waals surface area contributed by atoms with Gasteiger partial charge in [-0.3, -0.25) is 9.59 Å². The molecule has 1 aromatic carbocycles. The number of carbonyl (C=O) groups is 2. The van der Waals surface area contributed by atoms with E-state index in [4.69, 9.17) is 4.52 Å². The van der Waals surface area contributed by atoms with Gasteiger partial charge in [0.15, 0.2) is 5.82 Å². The lowest BCUT2D eigenvalue weighted by atomic mass is 10.1. The Balaban J connectivity index is 1.77. The second kappa shape index (κ2) is 6.20. The number of anilines is 1. The number of benzene rings is 1. The zero-order valence-electron chi connectivity index (χ0n) is 13.1. The van der Waals surface area contributed by atoms with Crippen LogP contribution in [0.2, 0.25) is 0 Å². The summed E-state index contributed by atoms with van der Waals surface area (Å²) in [5.74, 6) is 0.843. The van der Waals surface area contributed by atoms with E-state index in [0.29, 0.717) is 29.5 Å². The van der Waals surface area contributed by atoms with Crippen molar-refractivity contribution in [2.45, 2.75) is 32.7 Å². The molecular weight excluding hydrogens is 296 g/mol. The first-order valence-corrected chi connectivity index (χ1v) is 7.53. The number of aryl methyl sites for hydroxylation is 1. The largest absolute Gasteiger partial charge is 0.337 e. The third-order valence-electron chi connectivity index (χ3n) is 3.79. The number of carbonyl (C=O) groups excluding carboxylic acids is 2. The molecule has 2 amide bonds. The van der Waals surface area contributed by atoms with Crippen molar-refractivity contribution in [2.75, 3.05) is 11.9 Å². The lowest BCUT2D eigenvalue weighted by molar-refractivity contribution is -0.114. The van der Waals surface area contributed by atoms with Crippen molar-refractivity contribution < 1.29 is 14.1 Å². The molecule has 1 aromatic heterocycles. The summed E-state index contributed by atoms with van der Waals surface area (Å²) >= 11 is 0. The zero-order valence-corrected chi connectivity index (χ0v) is 13.1. The number of nitrogens with zero attached hydrogens (tertiary/aromatic N) is 3. The second-order valence-corrected chi connectivity index (χ2v) is 5.59. The number of likely N-dealkylation sites (tertiary alicyclic amines) is 1. The number of hydrogen-bond donors (Lipinski definition) is 1. The average molecular weight is 314 g/mol. The molecule has 0 spiro atoms. The van der Waals surface area contributed by atoms with Gasteiger partial charge in [0.2, 0.25) is 11.8 Å². The molecule has 1 unspecified atom stereocenters. The first-order valence-electron chi connectivity index (χ1n) is 7.53. The molecule has 1 fully saturated rings. The molecule has 1 saturated heterocycles. The van der Waals surface area contributed by atoms with Crippen LogP contribution in [0.4, 0.5) is 5.69 Å². The zero-order chi connectivity index (χ0) is 16.4. The van der Waals surface area contributed by atoms with Gasteiger partial charge in [0.05, 0.1) is 0 Å². The molecule has 1 aliphatic rings. The van der Waals surface area contributed by atoms with Crippen LogP contribution in [0.15, 0.2) is 28.8 Å². The lowest BCUT2D eigenvalue weighted by Crippen LogP contribution is -2.30. The van der Waals surface area contributed by atoms with Gasteiger partial charge in [0.1, 0.15) is 6.04 Å². The van der Waals surface area contributed by atoms with Gasteiger partial charge in [-0.05, 0) is 44.0 Å². The molecule has 7 nitrogen and oxygen atoms in total. The van der Waals surface area contributed by atoms with Crippen molar-refractivity contribution >= 4 is 17.5 Å². The van der Waals surface area contributed by atoms with Crippen LogP contribution in [-0.4, -0.2) is 33.4 Å². The van der Waals surface area contributed by atoms with Gasteiger partial charge >= 0.3 is 0 Å². The third-order valence-corrected chi connectivity index (χ3v) is 3.79. The van der Waals surface area contributed by atoms with Crippen molar-refractivity contribution in [1.29, 1.82) is 0 Å². The predicted octanol–water partition coefficient (Wildman–Crippen LogP) is 2.31. The fourth-order valence-electron chi connectivity index (χ4n) is 2.78. The number of rotatable bonds is 3. The summed E-state index contributed by atoms with van der Waals surface area (Å²) in [6.07, 6.45) is 1.72. The van der Waals surface area contributed by atoms with E-state index in [1.54, 1.807) is 36.1 Å². The summed E-state index contributed by atoms with van der Waals surface area (Å²) in [7, 11) is 0. The van der Waals surface area contributed by atoms with Gasteiger partial charge in [0.25, 0.3) is 5.91 Å². The Morgan fingerprint density at radius 3 is 2.65 bits per heavy atom. The van der Waals surface area contributed by atoms with Crippen LogP contribution in [0.5, 0.6) is 0 Å². The minimum atomic E-state index is -0.168. The maximum Gasteiger partial charge on any atom is 0.254 e. The maximum absolute atomic E-state index is 12.7. The molecule has 1 N–H and O–H groups in total. The van der Waals surface area contributed by atoms with E-state index < -0.39 is 0 Å². The fourth-order valence-corrected chi connectivity index (χ4v) is 2.78. The predicted molar refractivity (Wildman–Crippen MR) is 82.8 cm³/mol. The molecule has 2 aromatic rings. The first-order chi connectivity index (χ1) is 11.0. The molecule has 0 aliphatic carbocycles. The summed E-state index contributed by atoms with van der Waals surface area (Å²) in [6.45, 7) is 3.87. The van der Waals surface area contributed by atoms with Gasteiger partial charge < -0.3 is 14.7 Å². The highest BCUT2D eigenvalue weighted by Crippen LogP contribution is 2.32. The van der Waals surface area contributed by atoms with Crippen LogP contribution in [0.1, 0.15) is 47.9 Å². The monoisotopic (exact) mass is 314 g/mol. The summed E-state index contributed by atoms with van der Waals surface area (Å²) < 4.78 is 5.22. The van der Waals surface area contributed by atoms with Gasteiger partial charge in [-0.2, -0.15) is 4.98 Å². The first kappa shape index (κ1) is 15.2. The molecule has 0 bridgehead atoms. The molecule has 1 atom stereocenters. The van der Waals surface area contributed by atoms with Crippen molar-refractivity contribution in [3.63, 3.8) is 0 Å². The van der Waals surface area contributed by atoms with Crippen molar-refractivity contribution in [3.05, 3.63) is 41.5 Å². The van der Waals surface area contributed by atoms with Crippen LogP contribution in [0.3, 0.4) is 0 Å². The minimum Gasteiger partial charge on any atom is -0.337 e. The Labute approximate surface area is 133 Å². The Hall–Kier alpha value is -2.70. The van der Waals surface area contributed by atoms with Gasteiger partial charge in [-0.15, -0.1) is 0 Å². The van der Waals surface area contributed by atoms with E-state index in [0.717, 1.165) is 12.8 Å². The van der Waals surface area contributed by atoms with E-state index in [-0.39, 0.29) is 17.9 Å². The van der Waals surface area contributed by atoms with Crippen LogP contribution < -0.4 is 5.32 Å². The van der Waals surface area contributed by atoms with Crippen LogP contribution >= 0.6 is 0 Å². The molecule has 3 rings (SSSR count). The summed E-state index contributed by atoms with van der Waals surface area (Å²) in [4.78, 5) is 29.8. The number of hydrogen-bond acceptors (Lipinski definition) is 5. The molecular formula is C16H18N4O3. The van der Waals surface area contributed by atoms with Crippen molar-refractivity contribution in [3.8, 4) is 0 Å².